The third-order valence-corrected chi connectivity index (χ3v) is 5.42. The maximum atomic E-state index is 12.4. The maximum Gasteiger partial charge on any atom is 0.275 e. The summed E-state index contributed by atoms with van der Waals surface area (Å²) in [5.74, 6) is 0.0159. The van der Waals surface area contributed by atoms with E-state index in [4.69, 9.17) is 9.57 Å². The Labute approximate surface area is 142 Å². The van der Waals surface area contributed by atoms with Gasteiger partial charge in [0.15, 0.2) is 0 Å². The Bertz CT molecular complexity index is 566. The number of ether oxygens (including phenoxy) is 1. The quantitative estimate of drug-likeness (QED) is 0.845. The fraction of sp³-hybridized carbons (Fsp3) is 0.667. The van der Waals surface area contributed by atoms with E-state index < -0.39 is 0 Å². The molecule has 3 fully saturated rings. The minimum atomic E-state index is -0.312. The SMILES string of the molecule is O=C(C1CCC2(CCN(Cc3cccnc3)CC2)O1)N1CCCO1. The van der Waals surface area contributed by atoms with Crippen LogP contribution in [0.15, 0.2) is 24.5 Å². The first-order valence-electron chi connectivity index (χ1n) is 8.98. The van der Waals surface area contributed by atoms with Crippen LogP contribution in [0, 0.1) is 0 Å². The van der Waals surface area contributed by atoms with E-state index in [0.717, 1.165) is 51.7 Å². The lowest BCUT2D eigenvalue weighted by atomic mass is 9.88. The first-order chi connectivity index (χ1) is 11.7. The second-order valence-electron chi connectivity index (χ2n) is 7.09. The van der Waals surface area contributed by atoms with Gasteiger partial charge in [-0.05, 0) is 43.7 Å². The van der Waals surface area contributed by atoms with E-state index in [9.17, 15) is 4.79 Å². The average molecular weight is 331 g/mol. The van der Waals surface area contributed by atoms with Crippen LogP contribution in [0.25, 0.3) is 0 Å². The molecule has 0 bridgehead atoms. The Morgan fingerprint density at radius 2 is 2.17 bits per heavy atom. The van der Waals surface area contributed by atoms with E-state index in [1.807, 2.05) is 18.5 Å². The molecular formula is C18H25N3O3. The van der Waals surface area contributed by atoms with E-state index in [1.54, 1.807) is 0 Å². The molecule has 1 aromatic rings. The number of aromatic nitrogens is 1. The summed E-state index contributed by atoms with van der Waals surface area (Å²) >= 11 is 0. The summed E-state index contributed by atoms with van der Waals surface area (Å²) in [4.78, 5) is 24.4. The Balaban J connectivity index is 1.30. The van der Waals surface area contributed by atoms with Crippen LogP contribution in [-0.2, 0) is 20.9 Å². The molecule has 24 heavy (non-hydrogen) atoms. The van der Waals surface area contributed by atoms with E-state index in [2.05, 4.69) is 16.0 Å². The van der Waals surface area contributed by atoms with Crippen molar-refractivity contribution in [2.75, 3.05) is 26.2 Å². The molecule has 3 saturated heterocycles. The van der Waals surface area contributed by atoms with Crippen LogP contribution in [0.4, 0.5) is 0 Å². The number of hydrogen-bond acceptors (Lipinski definition) is 5. The molecule has 1 spiro atoms. The van der Waals surface area contributed by atoms with Crippen LogP contribution in [0.3, 0.4) is 0 Å². The lowest BCUT2D eigenvalue weighted by Gasteiger charge is -2.39. The van der Waals surface area contributed by atoms with Crippen LogP contribution < -0.4 is 0 Å². The molecule has 0 N–H and O–H groups in total. The topological polar surface area (TPSA) is 54.9 Å². The second kappa shape index (κ2) is 6.78. The van der Waals surface area contributed by atoms with Crippen molar-refractivity contribution < 1.29 is 14.4 Å². The predicted molar refractivity (Wildman–Crippen MR) is 87.9 cm³/mol. The summed E-state index contributed by atoms with van der Waals surface area (Å²) < 4.78 is 6.25. The van der Waals surface area contributed by atoms with Gasteiger partial charge in [-0.1, -0.05) is 6.07 Å². The molecule has 1 aromatic heterocycles. The van der Waals surface area contributed by atoms with Gasteiger partial charge < -0.3 is 4.74 Å². The smallest absolute Gasteiger partial charge is 0.275 e. The Morgan fingerprint density at radius 3 is 2.88 bits per heavy atom. The number of carbonyl (C=O) groups excluding carboxylic acids is 1. The fourth-order valence-electron chi connectivity index (χ4n) is 4.01. The number of pyridine rings is 1. The molecule has 1 amide bonds. The van der Waals surface area contributed by atoms with Crippen molar-refractivity contribution in [3.63, 3.8) is 0 Å². The monoisotopic (exact) mass is 331 g/mol. The molecule has 1 atom stereocenters. The summed E-state index contributed by atoms with van der Waals surface area (Å²) in [6.45, 7) is 4.30. The van der Waals surface area contributed by atoms with Gasteiger partial charge in [0.05, 0.1) is 18.8 Å². The molecule has 1 unspecified atom stereocenters. The normalized spacial score (nSPS) is 27.0. The lowest BCUT2D eigenvalue weighted by molar-refractivity contribution is -0.185. The minimum absolute atomic E-state index is 0.0159. The second-order valence-corrected chi connectivity index (χ2v) is 7.09. The zero-order valence-electron chi connectivity index (χ0n) is 14.0. The van der Waals surface area contributed by atoms with Crippen LogP contribution in [0.1, 0.15) is 37.7 Å². The van der Waals surface area contributed by atoms with Gasteiger partial charge in [0.25, 0.3) is 5.91 Å². The summed E-state index contributed by atoms with van der Waals surface area (Å²) in [7, 11) is 0. The molecule has 0 aliphatic carbocycles. The van der Waals surface area contributed by atoms with Crippen molar-refractivity contribution in [3.05, 3.63) is 30.1 Å². The number of rotatable bonds is 3. The van der Waals surface area contributed by atoms with E-state index in [0.29, 0.717) is 13.2 Å². The number of nitrogens with zero attached hydrogens (tertiary/aromatic N) is 3. The molecule has 0 radical (unpaired) electrons. The number of amides is 1. The van der Waals surface area contributed by atoms with Crippen LogP contribution in [-0.4, -0.2) is 58.8 Å². The van der Waals surface area contributed by atoms with Crippen molar-refractivity contribution in [1.82, 2.24) is 14.9 Å². The number of piperidine rings is 1. The highest BCUT2D eigenvalue weighted by Gasteiger charge is 2.46. The molecular weight excluding hydrogens is 306 g/mol. The van der Waals surface area contributed by atoms with E-state index in [1.165, 1.54) is 10.6 Å². The van der Waals surface area contributed by atoms with Crippen LogP contribution >= 0.6 is 0 Å². The molecule has 130 valence electrons. The molecule has 4 rings (SSSR count). The minimum Gasteiger partial charge on any atom is -0.362 e. The van der Waals surface area contributed by atoms with E-state index in [-0.39, 0.29) is 17.6 Å². The standard InChI is InChI=1S/C18H25N3O3/c22-17(21-9-2-12-23-21)16-4-5-18(24-16)6-10-20(11-7-18)14-15-3-1-8-19-13-15/h1,3,8,13,16H,2,4-7,9-12,14H2. The Hall–Kier alpha value is -1.50. The maximum absolute atomic E-state index is 12.4. The van der Waals surface area contributed by atoms with Gasteiger partial charge in [-0.15, -0.1) is 0 Å². The largest absolute Gasteiger partial charge is 0.362 e. The number of likely N-dealkylation sites (tertiary alicyclic amines) is 1. The van der Waals surface area contributed by atoms with Crippen LogP contribution in [0.2, 0.25) is 0 Å². The molecule has 0 saturated carbocycles. The van der Waals surface area contributed by atoms with Gasteiger partial charge in [-0.2, -0.15) is 0 Å². The van der Waals surface area contributed by atoms with Gasteiger partial charge in [0.1, 0.15) is 6.10 Å². The third kappa shape index (κ3) is 3.31. The first kappa shape index (κ1) is 16.0. The van der Waals surface area contributed by atoms with E-state index >= 15 is 0 Å². The zero-order chi connectivity index (χ0) is 16.4. The summed E-state index contributed by atoms with van der Waals surface area (Å²) in [6, 6.07) is 4.10. The molecule has 0 aromatic carbocycles. The van der Waals surface area contributed by atoms with Crippen molar-refractivity contribution in [3.8, 4) is 0 Å². The predicted octanol–water partition coefficient (Wildman–Crippen LogP) is 1.76. The van der Waals surface area contributed by atoms with Gasteiger partial charge in [0, 0.05) is 32.0 Å². The number of hydroxylamine groups is 2. The average Bonchev–Trinajstić information content (AvgIpc) is 3.28. The highest BCUT2D eigenvalue weighted by atomic mass is 16.7. The summed E-state index contributed by atoms with van der Waals surface area (Å²) in [6.07, 6.45) is 8.15. The molecule has 3 aliphatic heterocycles. The number of carbonyl (C=O) groups is 1. The van der Waals surface area contributed by atoms with Crippen LogP contribution in [0.5, 0.6) is 0 Å². The summed E-state index contributed by atoms with van der Waals surface area (Å²) in [5.41, 5.74) is 1.14. The first-order valence-corrected chi connectivity index (χ1v) is 8.98. The van der Waals surface area contributed by atoms with Gasteiger partial charge in [-0.25, -0.2) is 5.06 Å². The van der Waals surface area contributed by atoms with Crippen molar-refractivity contribution in [2.45, 2.75) is 50.4 Å². The van der Waals surface area contributed by atoms with Crippen molar-refractivity contribution in [2.24, 2.45) is 0 Å². The third-order valence-electron chi connectivity index (χ3n) is 5.42. The van der Waals surface area contributed by atoms with Crippen molar-refractivity contribution >= 4 is 5.91 Å². The van der Waals surface area contributed by atoms with Gasteiger partial charge in [-0.3, -0.25) is 19.5 Å². The highest BCUT2D eigenvalue weighted by Crippen LogP contribution is 2.39. The Kier molecular flexibility index (Phi) is 4.52. The van der Waals surface area contributed by atoms with Crippen molar-refractivity contribution in [1.29, 1.82) is 0 Å². The molecule has 3 aliphatic rings. The summed E-state index contributed by atoms with van der Waals surface area (Å²) in [5, 5.41) is 1.50. The molecule has 4 heterocycles. The van der Waals surface area contributed by atoms with Gasteiger partial charge >= 0.3 is 0 Å². The van der Waals surface area contributed by atoms with Gasteiger partial charge in [0.2, 0.25) is 0 Å². The molecule has 6 nitrogen and oxygen atoms in total. The Morgan fingerprint density at radius 1 is 1.29 bits per heavy atom. The fourth-order valence-corrected chi connectivity index (χ4v) is 4.01. The zero-order valence-corrected chi connectivity index (χ0v) is 14.0. The highest BCUT2D eigenvalue weighted by molar-refractivity contribution is 5.80. The lowest BCUT2D eigenvalue weighted by Crippen LogP contribution is -2.45. The molecule has 6 heteroatoms. The number of hydrogen-bond donors (Lipinski definition) is 0.